The highest BCUT2D eigenvalue weighted by atomic mass is 19.4. The molecule has 2 aromatic rings. The second kappa shape index (κ2) is 19.4. The normalized spacial score (nSPS) is 27.0. The van der Waals surface area contributed by atoms with Crippen molar-refractivity contribution in [2.45, 2.75) is 119 Å². The number of alkyl halides is 3. The Morgan fingerprint density at radius 2 is 1.58 bits per heavy atom. The Morgan fingerprint density at radius 3 is 2.13 bits per heavy atom. The molecule has 2 aliphatic rings. The number of carboxylic acids is 1. The molecule has 1 amide bonds. The topological polar surface area (TPSA) is 282 Å². The maximum absolute atomic E-state index is 13.4. The van der Waals surface area contributed by atoms with Gasteiger partial charge in [-0.25, -0.2) is 9.59 Å². The number of aliphatic hydroxyl groups is 4. The van der Waals surface area contributed by atoms with Gasteiger partial charge in [0.15, 0.2) is 12.5 Å². The van der Waals surface area contributed by atoms with Gasteiger partial charge in [0, 0.05) is 24.5 Å². The van der Waals surface area contributed by atoms with Gasteiger partial charge in [0.2, 0.25) is 5.91 Å². The standard InChI is InChI=1S/C30H45N5O10.C2HF3O2/c1-2-3-4-5-6-7-8-16-9-11-17(12-10-16)33-27(41)20(32)25(45-29-24(40)21(37)18(15-31)43-29)26-22(38)23(39)28(44-26)35-14-13-19(36)34-30(35)42;3-2(4,5)1(6)7/h9-14,18,20-26,28-29,37-40H,2-8,15,31-32H2,1H3,(H,33,41)(H,34,36,42);(H,6,7)/t18-,20+,21-,22+,23-,24-,25+,26+,28-,29+;/m1./s1. The Bertz CT molecular complexity index is 1560. The fraction of sp³-hybridized carbons (Fsp3) is 0.625. The number of nitrogens with one attached hydrogen (secondary N) is 2. The molecule has 0 spiro atoms. The number of benzene rings is 1. The van der Waals surface area contributed by atoms with Crippen molar-refractivity contribution in [2.24, 2.45) is 11.5 Å². The molecule has 10 atom stereocenters. The van der Waals surface area contributed by atoms with Crippen LogP contribution in [0, 0.1) is 0 Å². The molecule has 1 aromatic heterocycles. The first kappa shape index (κ1) is 42.7. The summed E-state index contributed by atoms with van der Waals surface area (Å²) in [4.78, 5) is 48.2. The average Bonchev–Trinajstić information content (AvgIpc) is 3.54. The number of aromatic nitrogens is 2. The predicted octanol–water partition coefficient (Wildman–Crippen LogP) is -0.551. The van der Waals surface area contributed by atoms with Gasteiger partial charge in [-0.15, -0.1) is 0 Å². The first-order valence-corrected chi connectivity index (χ1v) is 16.7. The maximum Gasteiger partial charge on any atom is 0.490 e. The molecule has 4 rings (SSSR count). The number of halogens is 3. The highest BCUT2D eigenvalue weighted by molar-refractivity contribution is 5.95. The average molecular weight is 750 g/mol. The Kier molecular flexibility index (Phi) is 15.9. The molecule has 3 heterocycles. The van der Waals surface area contributed by atoms with Gasteiger partial charge in [-0.1, -0.05) is 51.2 Å². The zero-order valence-corrected chi connectivity index (χ0v) is 28.2. The lowest BCUT2D eigenvalue weighted by atomic mass is 9.98. The van der Waals surface area contributed by atoms with Crippen LogP contribution >= 0.6 is 0 Å². The first-order valence-electron chi connectivity index (χ1n) is 16.7. The Hall–Kier alpha value is -3.73. The van der Waals surface area contributed by atoms with E-state index in [1.54, 1.807) is 12.1 Å². The van der Waals surface area contributed by atoms with Crippen molar-refractivity contribution in [3.8, 4) is 0 Å². The summed E-state index contributed by atoms with van der Waals surface area (Å²) < 4.78 is 49.8. The number of hydrogen-bond acceptors (Lipinski definition) is 13. The van der Waals surface area contributed by atoms with Crippen molar-refractivity contribution in [1.82, 2.24) is 9.55 Å². The van der Waals surface area contributed by atoms with Gasteiger partial charge in [0.05, 0.1) is 0 Å². The van der Waals surface area contributed by atoms with Gasteiger partial charge < -0.3 is 56.5 Å². The molecule has 1 aromatic carbocycles. The molecule has 2 saturated heterocycles. The van der Waals surface area contributed by atoms with Crippen molar-refractivity contribution in [3.05, 3.63) is 62.9 Å². The summed E-state index contributed by atoms with van der Waals surface area (Å²) in [6.07, 6.45) is -9.56. The molecule has 17 nitrogen and oxygen atoms in total. The minimum atomic E-state index is -5.08. The third-order valence-electron chi connectivity index (χ3n) is 8.51. The lowest BCUT2D eigenvalue weighted by molar-refractivity contribution is -0.224. The predicted molar refractivity (Wildman–Crippen MR) is 176 cm³/mol. The fourth-order valence-electron chi connectivity index (χ4n) is 5.60. The molecule has 292 valence electrons. The summed E-state index contributed by atoms with van der Waals surface area (Å²) >= 11 is 0. The SMILES string of the molecule is CCCCCCCCc1ccc(NC(=O)[C@@H](N)[C@H](O[C@@H]2O[C@H](CN)[C@@H](O)[C@H]2O)[C@H]2O[C@@H](n3ccc(=O)[nH]c3=O)[C@H](O)[C@@H]2O)cc1.O=C(O)C(F)(F)F. The van der Waals surface area contributed by atoms with Gasteiger partial charge in [0.25, 0.3) is 5.56 Å². The van der Waals surface area contributed by atoms with E-state index in [1.807, 2.05) is 17.1 Å². The second-order valence-electron chi connectivity index (χ2n) is 12.4. The lowest BCUT2D eigenvalue weighted by Gasteiger charge is -2.32. The number of aliphatic hydroxyl groups excluding tert-OH is 4. The molecule has 2 aliphatic heterocycles. The number of aryl methyl sites for hydroxylation is 1. The minimum Gasteiger partial charge on any atom is -0.475 e. The minimum absolute atomic E-state index is 0.150. The molecule has 0 aliphatic carbocycles. The van der Waals surface area contributed by atoms with Gasteiger partial charge in [-0.2, -0.15) is 13.2 Å². The van der Waals surface area contributed by atoms with E-state index >= 15 is 0 Å². The number of aliphatic carboxylic acids is 1. The first-order chi connectivity index (χ1) is 24.5. The Labute approximate surface area is 295 Å². The summed E-state index contributed by atoms with van der Waals surface area (Å²) in [5.41, 5.74) is 11.9. The smallest absolute Gasteiger partial charge is 0.475 e. The van der Waals surface area contributed by atoms with Crippen LogP contribution in [0.1, 0.15) is 57.2 Å². The number of rotatable bonds is 15. The number of nitrogens with two attached hydrogens (primary N) is 2. The van der Waals surface area contributed by atoms with E-state index in [-0.39, 0.29) is 6.54 Å². The van der Waals surface area contributed by atoms with Gasteiger partial charge in [-0.05, 0) is 30.5 Å². The van der Waals surface area contributed by atoms with E-state index in [0.29, 0.717) is 5.69 Å². The van der Waals surface area contributed by atoms with E-state index < -0.39 is 90.6 Å². The van der Waals surface area contributed by atoms with Crippen LogP contribution in [0.5, 0.6) is 0 Å². The molecular weight excluding hydrogens is 703 g/mol. The second-order valence-corrected chi connectivity index (χ2v) is 12.4. The number of carboxylic acid groups (broad SMARTS) is 1. The van der Waals surface area contributed by atoms with Gasteiger partial charge in [0.1, 0.15) is 48.8 Å². The molecule has 52 heavy (non-hydrogen) atoms. The molecule has 0 unspecified atom stereocenters. The lowest BCUT2D eigenvalue weighted by Crippen LogP contribution is -2.56. The maximum atomic E-state index is 13.4. The quantitative estimate of drug-likeness (QED) is 0.103. The highest BCUT2D eigenvalue weighted by Crippen LogP contribution is 2.34. The van der Waals surface area contributed by atoms with Crippen molar-refractivity contribution in [2.75, 3.05) is 11.9 Å². The van der Waals surface area contributed by atoms with Crippen LogP contribution in [0.2, 0.25) is 0 Å². The monoisotopic (exact) mass is 749 g/mol. The third kappa shape index (κ3) is 11.4. The zero-order valence-electron chi connectivity index (χ0n) is 28.2. The number of carbonyl (C=O) groups excluding carboxylic acids is 1. The Balaban J connectivity index is 0.000000944. The van der Waals surface area contributed by atoms with E-state index in [0.717, 1.165) is 41.7 Å². The number of ether oxygens (including phenoxy) is 3. The number of H-pyrrole nitrogens is 1. The molecule has 11 N–H and O–H groups in total. The van der Waals surface area contributed by atoms with Crippen molar-refractivity contribution in [3.63, 3.8) is 0 Å². The van der Waals surface area contributed by atoms with Crippen LogP contribution in [-0.2, 0) is 30.2 Å². The zero-order chi connectivity index (χ0) is 38.7. The summed E-state index contributed by atoms with van der Waals surface area (Å²) in [5.74, 6) is -3.51. The van der Waals surface area contributed by atoms with Crippen LogP contribution in [0.15, 0.2) is 46.1 Å². The molecule has 0 saturated carbocycles. The summed E-state index contributed by atoms with van der Waals surface area (Å²) in [6.45, 7) is 2.03. The van der Waals surface area contributed by atoms with E-state index in [4.69, 9.17) is 35.6 Å². The van der Waals surface area contributed by atoms with Crippen molar-refractivity contribution < 1.29 is 62.5 Å². The molecule has 0 radical (unpaired) electrons. The number of unbranched alkanes of at least 4 members (excludes halogenated alkanes) is 5. The van der Waals surface area contributed by atoms with E-state index in [9.17, 15) is 48.0 Å². The number of carbonyl (C=O) groups is 2. The molecule has 20 heteroatoms. The van der Waals surface area contributed by atoms with Crippen molar-refractivity contribution >= 4 is 17.6 Å². The van der Waals surface area contributed by atoms with Crippen LogP contribution in [0.3, 0.4) is 0 Å². The molecule has 0 bridgehead atoms. The number of anilines is 1. The van der Waals surface area contributed by atoms with Gasteiger partial charge in [-0.3, -0.25) is 19.1 Å². The number of nitrogens with zero attached hydrogens (tertiary/aromatic N) is 1. The summed E-state index contributed by atoms with van der Waals surface area (Å²) in [5, 5.41) is 52.4. The number of amides is 1. The molecule has 2 fully saturated rings. The van der Waals surface area contributed by atoms with Crippen LogP contribution < -0.4 is 28.0 Å². The third-order valence-corrected chi connectivity index (χ3v) is 8.51. The van der Waals surface area contributed by atoms with Crippen LogP contribution in [0.25, 0.3) is 0 Å². The number of hydrogen-bond donors (Lipinski definition) is 9. The number of aromatic amines is 1. The summed E-state index contributed by atoms with van der Waals surface area (Å²) in [6, 6.07) is 6.75. The van der Waals surface area contributed by atoms with Gasteiger partial charge >= 0.3 is 17.8 Å². The van der Waals surface area contributed by atoms with Crippen LogP contribution in [-0.4, -0.2) is 115 Å². The van der Waals surface area contributed by atoms with E-state index in [1.165, 1.54) is 25.7 Å². The largest absolute Gasteiger partial charge is 0.490 e. The highest BCUT2D eigenvalue weighted by Gasteiger charge is 2.53. The van der Waals surface area contributed by atoms with Crippen LogP contribution in [0.4, 0.5) is 18.9 Å². The summed E-state index contributed by atoms with van der Waals surface area (Å²) in [7, 11) is 0. The van der Waals surface area contributed by atoms with E-state index in [2.05, 4.69) is 12.2 Å². The fourth-order valence-corrected chi connectivity index (χ4v) is 5.60. The Morgan fingerprint density at radius 1 is 0.962 bits per heavy atom. The molecular formula is C32H46F3N5O12. The van der Waals surface area contributed by atoms with Crippen molar-refractivity contribution in [1.29, 1.82) is 0 Å².